The lowest BCUT2D eigenvalue weighted by molar-refractivity contribution is -0.124. The van der Waals surface area contributed by atoms with Crippen LogP contribution >= 0.6 is 0 Å². The van der Waals surface area contributed by atoms with E-state index in [1.165, 1.54) is 0 Å². The fourth-order valence-electron chi connectivity index (χ4n) is 1.51. The summed E-state index contributed by atoms with van der Waals surface area (Å²) in [4.78, 5) is 22.6. The molecule has 98 valence electrons. The van der Waals surface area contributed by atoms with Gasteiger partial charge < -0.3 is 4.79 Å². The fraction of sp³-hybridized carbons (Fsp3) is 0.733. The second-order valence-corrected chi connectivity index (χ2v) is 5.79. The number of carbonyl (C=O) groups is 2. The van der Waals surface area contributed by atoms with E-state index in [2.05, 4.69) is 27.7 Å². The molecule has 0 aromatic rings. The monoisotopic (exact) mass is 238 g/mol. The summed E-state index contributed by atoms with van der Waals surface area (Å²) in [5.74, 6) is -0.493. The van der Waals surface area contributed by atoms with Gasteiger partial charge in [-0.1, -0.05) is 46.6 Å². The van der Waals surface area contributed by atoms with Crippen LogP contribution in [0.2, 0.25) is 0 Å². The molecule has 0 radical (unpaired) electrons. The smallest absolute Gasteiger partial charge is 0.165 e. The Morgan fingerprint density at radius 2 is 1.94 bits per heavy atom. The van der Waals surface area contributed by atoms with E-state index in [-0.39, 0.29) is 11.2 Å². The number of hydrogen-bond donors (Lipinski definition) is 0. The van der Waals surface area contributed by atoms with E-state index in [0.29, 0.717) is 6.42 Å². The van der Waals surface area contributed by atoms with E-state index in [0.717, 1.165) is 32.0 Å². The Morgan fingerprint density at radius 1 is 1.29 bits per heavy atom. The zero-order valence-corrected chi connectivity index (χ0v) is 11.7. The first-order valence-electron chi connectivity index (χ1n) is 6.56. The van der Waals surface area contributed by atoms with Crippen LogP contribution in [0.4, 0.5) is 0 Å². The predicted molar refractivity (Wildman–Crippen MR) is 71.9 cm³/mol. The summed E-state index contributed by atoms with van der Waals surface area (Å²) < 4.78 is 0. The Balaban J connectivity index is 4.13. The van der Waals surface area contributed by atoms with E-state index in [4.69, 9.17) is 0 Å². The summed E-state index contributed by atoms with van der Waals surface area (Å²) in [6, 6.07) is 0. The van der Waals surface area contributed by atoms with Gasteiger partial charge in [0.15, 0.2) is 5.78 Å². The number of rotatable bonds is 8. The molecule has 0 N–H and O–H groups in total. The number of aldehydes is 1. The van der Waals surface area contributed by atoms with Crippen molar-refractivity contribution >= 4 is 12.1 Å². The minimum Gasteiger partial charge on any atom is -0.303 e. The highest BCUT2D eigenvalue weighted by Crippen LogP contribution is 2.23. The van der Waals surface area contributed by atoms with E-state index < -0.39 is 5.92 Å². The Morgan fingerprint density at radius 3 is 2.41 bits per heavy atom. The van der Waals surface area contributed by atoms with Gasteiger partial charge in [0.2, 0.25) is 0 Å². The van der Waals surface area contributed by atoms with Crippen molar-refractivity contribution in [1.82, 2.24) is 0 Å². The van der Waals surface area contributed by atoms with Gasteiger partial charge in [0.05, 0.1) is 5.92 Å². The Labute approximate surface area is 105 Å². The second kappa shape index (κ2) is 8.21. The second-order valence-electron chi connectivity index (χ2n) is 5.79. The van der Waals surface area contributed by atoms with E-state index >= 15 is 0 Å². The zero-order chi connectivity index (χ0) is 13.3. The maximum absolute atomic E-state index is 11.7. The average molecular weight is 238 g/mol. The SMILES string of the molecule is CCCCC=CC(=O)C(C=O)CCC(C)(C)C. The molecule has 0 aliphatic heterocycles. The summed E-state index contributed by atoms with van der Waals surface area (Å²) in [6.45, 7) is 8.48. The van der Waals surface area contributed by atoms with Gasteiger partial charge in [-0.25, -0.2) is 0 Å². The largest absolute Gasteiger partial charge is 0.303 e. The first-order valence-corrected chi connectivity index (χ1v) is 6.56. The van der Waals surface area contributed by atoms with Gasteiger partial charge in [-0.3, -0.25) is 4.79 Å². The molecular weight excluding hydrogens is 212 g/mol. The number of allylic oxidation sites excluding steroid dienone is 2. The molecule has 0 fully saturated rings. The summed E-state index contributed by atoms with van der Waals surface area (Å²) in [5.41, 5.74) is 0.174. The normalized spacial score (nSPS) is 13.9. The van der Waals surface area contributed by atoms with E-state index in [1.807, 2.05) is 6.08 Å². The lowest BCUT2D eigenvalue weighted by atomic mass is 9.86. The van der Waals surface area contributed by atoms with Crippen LogP contribution in [0.25, 0.3) is 0 Å². The van der Waals surface area contributed by atoms with Gasteiger partial charge in [0.25, 0.3) is 0 Å². The maximum Gasteiger partial charge on any atom is 0.165 e. The van der Waals surface area contributed by atoms with Gasteiger partial charge in [0.1, 0.15) is 6.29 Å². The van der Waals surface area contributed by atoms with Crippen LogP contribution in [0.1, 0.15) is 59.8 Å². The standard InChI is InChI=1S/C15H26O2/c1-5-6-7-8-9-14(17)13(12-16)10-11-15(2,3)4/h8-9,12-13H,5-7,10-11H2,1-4H3. The van der Waals surface area contributed by atoms with Crippen LogP contribution in [-0.4, -0.2) is 12.1 Å². The van der Waals surface area contributed by atoms with Crippen LogP contribution in [-0.2, 0) is 9.59 Å². The Hall–Kier alpha value is -0.920. The van der Waals surface area contributed by atoms with Crippen molar-refractivity contribution in [1.29, 1.82) is 0 Å². The van der Waals surface area contributed by atoms with Crippen molar-refractivity contribution in [3.8, 4) is 0 Å². The molecule has 2 heteroatoms. The third kappa shape index (κ3) is 8.84. The first kappa shape index (κ1) is 16.1. The minimum absolute atomic E-state index is 0.0413. The van der Waals surface area contributed by atoms with Crippen LogP contribution in [0.3, 0.4) is 0 Å². The summed E-state index contributed by atoms with van der Waals surface area (Å²) in [6.07, 6.45) is 8.95. The molecule has 1 atom stereocenters. The molecule has 0 aromatic carbocycles. The number of carbonyl (C=O) groups excluding carboxylic acids is 2. The lowest BCUT2D eigenvalue weighted by Gasteiger charge is -2.19. The quantitative estimate of drug-likeness (QED) is 0.278. The molecule has 0 aromatic heterocycles. The van der Waals surface area contributed by atoms with Crippen molar-refractivity contribution in [2.45, 2.75) is 59.8 Å². The summed E-state index contributed by atoms with van der Waals surface area (Å²) >= 11 is 0. The molecule has 0 aliphatic carbocycles. The predicted octanol–water partition coefficient (Wildman–Crippen LogP) is 3.94. The molecule has 0 saturated carbocycles. The van der Waals surface area contributed by atoms with Gasteiger partial charge in [0, 0.05) is 0 Å². The molecule has 0 saturated heterocycles. The van der Waals surface area contributed by atoms with Crippen molar-refractivity contribution in [3.05, 3.63) is 12.2 Å². The highest BCUT2D eigenvalue weighted by atomic mass is 16.1. The van der Waals surface area contributed by atoms with Crippen LogP contribution in [0.5, 0.6) is 0 Å². The van der Waals surface area contributed by atoms with Gasteiger partial charge >= 0.3 is 0 Å². The van der Waals surface area contributed by atoms with Gasteiger partial charge in [-0.15, -0.1) is 0 Å². The Kier molecular flexibility index (Phi) is 7.77. The van der Waals surface area contributed by atoms with E-state index in [1.54, 1.807) is 6.08 Å². The highest BCUT2D eigenvalue weighted by Gasteiger charge is 2.18. The fourth-order valence-corrected chi connectivity index (χ4v) is 1.51. The van der Waals surface area contributed by atoms with Gasteiger partial charge in [-0.2, -0.15) is 0 Å². The highest BCUT2D eigenvalue weighted by molar-refractivity contribution is 6.00. The first-order chi connectivity index (χ1) is 7.90. The summed E-state index contributed by atoms with van der Waals surface area (Å²) in [7, 11) is 0. The zero-order valence-electron chi connectivity index (χ0n) is 11.7. The Bertz CT molecular complexity index is 259. The molecule has 0 amide bonds. The number of unbranched alkanes of at least 4 members (excludes halogenated alkanes) is 2. The maximum atomic E-state index is 11.7. The molecule has 0 spiro atoms. The van der Waals surface area contributed by atoms with Crippen molar-refractivity contribution in [2.75, 3.05) is 0 Å². The molecule has 0 rings (SSSR count). The van der Waals surface area contributed by atoms with Crippen LogP contribution in [0.15, 0.2) is 12.2 Å². The van der Waals surface area contributed by atoms with Crippen molar-refractivity contribution in [2.24, 2.45) is 11.3 Å². The van der Waals surface area contributed by atoms with Gasteiger partial charge in [-0.05, 0) is 30.8 Å². The molecule has 17 heavy (non-hydrogen) atoms. The topological polar surface area (TPSA) is 34.1 Å². The molecule has 0 bridgehead atoms. The van der Waals surface area contributed by atoms with Crippen LogP contribution < -0.4 is 0 Å². The third-order valence-corrected chi connectivity index (χ3v) is 2.74. The van der Waals surface area contributed by atoms with E-state index in [9.17, 15) is 9.59 Å². The number of hydrogen-bond acceptors (Lipinski definition) is 2. The molecular formula is C15H26O2. The van der Waals surface area contributed by atoms with Crippen molar-refractivity contribution < 1.29 is 9.59 Å². The average Bonchev–Trinajstić information content (AvgIpc) is 2.23. The molecule has 0 heterocycles. The number of ketones is 1. The summed E-state index contributed by atoms with van der Waals surface area (Å²) in [5, 5.41) is 0. The van der Waals surface area contributed by atoms with Crippen molar-refractivity contribution in [3.63, 3.8) is 0 Å². The molecule has 0 aliphatic rings. The third-order valence-electron chi connectivity index (χ3n) is 2.74. The molecule has 2 nitrogen and oxygen atoms in total. The molecule has 1 unspecified atom stereocenters. The lowest BCUT2D eigenvalue weighted by Crippen LogP contribution is -2.17. The minimum atomic E-state index is -0.452. The van der Waals surface area contributed by atoms with Crippen LogP contribution in [0, 0.1) is 11.3 Å².